The summed E-state index contributed by atoms with van der Waals surface area (Å²) in [5.74, 6) is 1.53. The number of pyridine rings is 1. The Kier molecular flexibility index (Phi) is 11.7. The molecule has 1 aliphatic carbocycles. The smallest absolute Gasteiger partial charge is 0.319 e. The van der Waals surface area contributed by atoms with Gasteiger partial charge in [-0.3, -0.25) is 9.88 Å². The standard InChI is InChI=1S/C55H58F4N6O2Si/c1-33(2)68(34(3)4,35(5)6)25-20-41-45(57)19-18-38-26-40(61-49(36-14-9-7-10-15-36)37-16-11-8-12-17-37)27-42(46(38)41)50-48(59)51-43(29-60-50)53(65-23-24-66-31-44-47(58)52(44)65)63-54(62-51)67-32-55-21-13-22-64(55)30-39(56)28-55/h7-12,14-19,26-27,29,33-35,39,44,47,52H,13,21-24,28,30-32H2,1-6H3/t39-,44+,47+,52+,55+/m1/s1/i32D2. The van der Waals surface area contributed by atoms with Gasteiger partial charge in [0.15, 0.2) is 5.82 Å². The third kappa shape index (κ3) is 8.16. The number of hydrogen-bond donors (Lipinski definition) is 0. The molecular weight excluding hydrogens is 881 g/mol. The molecule has 8 nitrogen and oxygen atoms in total. The molecular formula is C55H58F4N6O2Si. The molecule has 5 atom stereocenters. The molecule has 4 fully saturated rings. The van der Waals surface area contributed by atoms with E-state index in [1.165, 1.54) is 12.3 Å². The van der Waals surface area contributed by atoms with Crippen molar-refractivity contribution in [3.63, 3.8) is 0 Å². The van der Waals surface area contributed by atoms with E-state index in [4.69, 9.17) is 24.4 Å². The highest BCUT2D eigenvalue weighted by Gasteiger charge is 2.57. The molecule has 0 amide bonds. The predicted molar refractivity (Wildman–Crippen MR) is 265 cm³/mol. The molecule has 4 aliphatic rings. The number of aromatic nitrogens is 3. The van der Waals surface area contributed by atoms with Crippen LogP contribution in [0.2, 0.25) is 16.6 Å². The molecule has 10 rings (SSSR count). The summed E-state index contributed by atoms with van der Waals surface area (Å²) < 4.78 is 96.2. The maximum absolute atomic E-state index is 18.3. The number of anilines is 1. The zero-order valence-corrected chi connectivity index (χ0v) is 40.4. The third-order valence-electron chi connectivity index (χ3n) is 14.9. The topological polar surface area (TPSA) is 76.0 Å². The zero-order valence-electron chi connectivity index (χ0n) is 41.4. The Bertz CT molecular complexity index is 3000. The Balaban J connectivity index is 1.23. The third-order valence-corrected chi connectivity index (χ3v) is 21.2. The van der Waals surface area contributed by atoms with Gasteiger partial charge in [-0.2, -0.15) is 9.97 Å². The van der Waals surface area contributed by atoms with Crippen molar-refractivity contribution in [2.24, 2.45) is 10.9 Å². The first-order valence-corrected chi connectivity index (χ1v) is 26.2. The van der Waals surface area contributed by atoms with Crippen molar-refractivity contribution in [2.45, 2.75) is 101 Å². The fraction of sp³-hybridized carbons (Fsp3) is 0.418. The molecule has 352 valence electrons. The fourth-order valence-corrected chi connectivity index (χ4v) is 16.8. The lowest BCUT2D eigenvalue weighted by molar-refractivity contribution is 0.107. The lowest BCUT2D eigenvalue weighted by Crippen LogP contribution is -2.43. The minimum atomic E-state index is -2.50. The van der Waals surface area contributed by atoms with Gasteiger partial charge in [-0.15, -0.1) is 5.54 Å². The van der Waals surface area contributed by atoms with Crippen LogP contribution in [0.3, 0.4) is 0 Å². The molecule has 3 saturated heterocycles. The van der Waals surface area contributed by atoms with E-state index in [2.05, 4.69) is 58.0 Å². The SMILES string of the molecule is [2H]C([2H])(Oc1nc(N2CCOC[C@H]3[C@H](F)[C@H]32)c2cnc(-c3cc(N=C(c4ccccc4)c4ccccc4)cc4ccc(F)c(C#C[Si](C(C)C)(C(C)C)C(C)C)c34)c(F)c2n1)[C@@]12CCCN1C[C@H](F)C2. The Morgan fingerprint density at radius 3 is 2.34 bits per heavy atom. The summed E-state index contributed by atoms with van der Waals surface area (Å²) in [6.45, 7) is 11.8. The molecule has 3 aliphatic heterocycles. The van der Waals surface area contributed by atoms with Gasteiger partial charge in [0.2, 0.25) is 0 Å². The number of nitrogens with zero attached hydrogens (tertiary/aromatic N) is 6. The first kappa shape index (κ1) is 43.6. The van der Waals surface area contributed by atoms with Crippen LogP contribution in [0.15, 0.2) is 96.1 Å². The number of benzene rings is 4. The van der Waals surface area contributed by atoms with Crippen LogP contribution in [0, 0.1) is 29.0 Å². The van der Waals surface area contributed by atoms with Gasteiger partial charge in [0.1, 0.15) is 49.8 Å². The molecule has 0 unspecified atom stereocenters. The molecule has 0 spiro atoms. The first-order valence-electron chi connectivity index (χ1n) is 25.0. The van der Waals surface area contributed by atoms with E-state index >= 15 is 17.6 Å². The van der Waals surface area contributed by atoms with E-state index in [0.29, 0.717) is 41.6 Å². The Morgan fingerprint density at radius 1 is 0.941 bits per heavy atom. The van der Waals surface area contributed by atoms with E-state index in [0.717, 1.165) is 11.1 Å². The molecule has 68 heavy (non-hydrogen) atoms. The highest BCUT2D eigenvalue weighted by Crippen LogP contribution is 2.47. The summed E-state index contributed by atoms with van der Waals surface area (Å²) in [4.78, 5) is 22.8. The summed E-state index contributed by atoms with van der Waals surface area (Å²) in [6, 6.07) is 24.9. The van der Waals surface area contributed by atoms with E-state index in [1.54, 1.807) is 21.9 Å². The Labute approximate surface area is 400 Å². The molecule has 6 aromatic rings. The van der Waals surface area contributed by atoms with Crippen molar-refractivity contribution in [1.29, 1.82) is 0 Å². The van der Waals surface area contributed by atoms with Gasteiger partial charge < -0.3 is 14.4 Å². The zero-order chi connectivity index (χ0) is 49.3. The largest absolute Gasteiger partial charge is 0.461 e. The average Bonchev–Trinajstić information content (AvgIpc) is 3.69. The van der Waals surface area contributed by atoms with Crippen LogP contribution in [-0.2, 0) is 4.74 Å². The molecule has 13 heteroatoms. The first-order chi connectivity index (χ1) is 33.5. The van der Waals surface area contributed by atoms with Crippen LogP contribution in [0.1, 0.15) is 80.2 Å². The molecule has 0 N–H and O–H groups in total. The van der Waals surface area contributed by atoms with E-state index in [-0.39, 0.29) is 82.9 Å². The second-order valence-corrected chi connectivity index (χ2v) is 25.4. The van der Waals surface area contributed by atoms with E-state index in [9.17, 15) is 2.74 Å². The molecule has 0 radical (unpaired) electrons. The van der Waals surface area contributed by atoms with Crippen LogP contribution in [0.25, 0.3) is 32.9 Å². The minimum Gasteiger partial charge on any atom is -0.461 e. The van der Waals surface area contributed by atoms with Crippen LogP contribution in [0.5, 0.6) is 6.01 Å². The van der Waals surface area contributed by atoms with Crippen molar-refractivity contribution < 1.29 is 29.8 Å². The van der Waals surface area contributed by atoms with Crippen LogP contribution >= 0.6 is 0 Å². The summed E-state index contributed by atoms with van der Waals surface area (Å²) in [6.07, 6.45) is -0.157. The summed E-state index contributed by atoms with van der Waals surface area (Å²) >= 11 is 0. The lowest BCUT2D eigenvalue weighted by atomic mass is 9.95. The molecule has 5 heterocycles. The van der Waals surface area contributed by atoms with Gasteiger partial charge in [-0.1, -0.05) is 114 Å². The molecule has 2 aromatic heterocycles. The van der Waals surface area contributed by atoms with Crippen LogP contribution < -0.4 is 9.64 Å². The highest BCUT2D eigenvalue weighted by molar-refractivity contribution is 6.90. The number of alkyl halides is 2. The second kappa shape index (κ2) is 18.3. The highest BCUT2D eigenvalue weighted by atomic mass is 28.3. The van der Waals surface area contributed by atoms with Crippen molar-refractivity contribution in [3.8, 4) is 28.7 Å². The number of fused-ring (bicyclic) bond motifs is 4. The van der Waals surface area contributed by atoms with Gasteiger partial charge in [0, 0.05) is 53.7 Å². The summed E-state index contributed by atoms with van der Waals surface area (Å²) in [7, 11) is -2.42. The molecule has 0 bridgehead atoms. The van der Waals surface area contributed by atoms with Crippen molar-refractivity contribution in [3.05, 3.63) is 119 Å². The predicted octanol–water partition coefficient (Wildman–Crippen LogP) is 12.0. The second-order valence-electron chi connectivity index (χ2n) is 19.8. The molecule has 4 aromatic carbocycles. The van der Waals surface area contributed by atoms with Crippen molar-refractivity contribution >= 4 is 47.0 Å². The van der Waals surface area contributed by atoms with E-state index in [1.807, 2.05) is 66.7 Å². The van der Waals surface area contributed by atoms with Crippen molar-refractivity contribution in [2.75, 3.05) is 44.3 Å². The van der Waals surface area contributed by atoms with Gasteiger partial charge in [0.25, 0.3) is 0 Å². The van der Waals surface area contributed by atoms with Gasteiger partial charge in [0.05, 0.1) is 49.9 Å². The van der Waals surface area contributed by atoms with Crippen molar-refractivity contribution in [1.82, 2.24) is 19.9 Å². The lowest BCUT2D eigenvalue weighted by Gasteiger charge is -2.38. The number of aliphatic imine (C=N–C) groups is 1. The number of ether oxygens (including phenoxy) is 2. The number of rotatable bonds is 11. The fourth-order valence-electron chi connectivity index (χ4n) is 11.6. The minimum absolute atomic E-state index is 0.0723. The van der Waals surface area contributed by atoms with Crippen LogP contribution in [0.4, 0.5) is 29.1 Å². The number of halogens is 4. The average molecular weight is 941 g/mol. The number of hydrogen-bond acceptors (Lipinski definition) is 8. The quantitative estimate of drug-likeness (QED) is 0.0554. The monoisotopic (exact) mass is 940 g/mol. The molecule has 1 saturated carbocycles. The van der Waals surface area contributed by atoms with Gasteiger partial charge in [-0.05, 0) is 59.6 Å². The van der Waals surface area contributed by atoms with Gasteiger partial charge >= 0.3 is 6.01 Å². The van der Waals surface area contributed by atoms with Crippen LogP contribution in [-0.4, -0.2) is 97.0 Å². The Morgan fingerprint density at radius 2 is 1.65 bits per heavy atom. The van der Waals surface area contributed by atoms with E-state index < -0.39 is 62.1 Å². The summed E-state index contributed by atoms with van der Waals surface area (Å²) in [5, 5.41) is 1.03. The Hall–Kier alpha value is -5.68. The normalized spacial score (nSPS) is 23.3. The van der Waals surface area contributed by atoms with Gasteiger partial charge in [-0.25, -0.2) is 22.6 Å². The maximum Gasteiger partial charge on any atom is 0.319 e. The summed E-state index contributed by atoms with van der Waals surface area (Å²) in [5.41, 5.74) is 5.79. The maximum atomic E-state index is 18.3.